The van der Waals surface area contributed by atoms with E-state index in [-0.39, 0.29) is 0 Å². The predicted molar refractivity (Wildman–Crippen MR) is 63.9 cm³/mol. The molecule has 0 amide bonds. The van der Waals surface area contributed by atoms with Crippen LogP contribution in [-0.2, 0) is 17.8 Å². The van der Waals surface area contributed by atoms with E-state index in [1.54, 1.807) is 0 Å². The van der Waals surface area contributed by atoms with Crippen LogP contribution >= 0.6 is 0 Å². The second-order valence-corrected chi connectivity index (χ2v) is 4.88. The molecule has 1 unspecified atom stereocenters. The fourth-order valence-corrected chi connectivity index (χ4v) is 2.74. The molecule has 0 aliphatic carbocycles. The highest BCUT2D eigenvalue weighted by molar-refractivity contribution is 5.52. The first kappa shape index (κ1) is 10.1. The number of fused-ring (bicyclic) bond motifs is 1. The van der Waals surface area contributed by atoms with Gasteiger partial charge in [-0.05, 0) is 29.5 Å². The van der Waals surface area contributed by atoms with Gasteiger partial charge in [0, 0.05) is 31.9 Å². The number of ether oxygens (including phenoxy) is 1. The molecule has 1 saturated heterocycles. The van der Waals surface area contributed by atoms with Crippen LogP contribution in [0.4, 0.5) is 5.69 Å². The van der Waals surface area contributed by atoms with Gasteiger partial charge in [-0.25, -0.2) is 0 Å². The number of nitrogen functional groups attached to an aromatic ring is 1. The summed E-state index contributed by atoms with van der Waals surface area (Å²) in [6, 6.07) is 6.24. The Kier molecular flexibility index (Phi) is 2.58. The predicted octanol–water partition coefficient (Wildman–Crippen LogP) is 1.62. The average Bonchev–Trinajstić information content (AvgIpc) is 2.88. The summed E-state index contributed by atoms with van der Waals surface area (Å²) >= 11 is 0. The van der Waals surface area contributed by atoms with Crippen LogP contribution < -0.4 is 5.73 Å². The van der Waals surface area contributed by atoms with E-state index in [4.69, 9.17) is 10.5 Å². The maximum absolute atomic E-state index is 5.99. The maximum atomic E-state index is 5.99. The topological polar surface area (TPSA) is 38.5 Å². The van der Waals surface area contributed by atoms with E-state index in [1.165, 1.54) is 17.5 Å². The van der Waals surface area contributed by atoms with Gasteiger partial charge >= 0.3 is 0 Å². The molecule has 1 fully saturated rings. The molecule has 0 saturated carbocycles. The number of anilines is 1. The van der Waals surface area contributed by atoms with Crippen LogP contribution in [0.5, 0.6) is 0 Å². The molecule has 0 spiro atoms. The molecule has 0 aromatic heterocycles. The van der Waals surface area contributed by atoms with Crippen molar-refractivity contribution in [2.75, 3.05) is 25.5 Å². The molecule has 2 aliphatic heterocycles. The smallest absolute Gasteiger partial charge is 0.0507 e. The molecule has 16 heavy (non-hydrogen) atoms. The molecule has 3 rings (SSSR count). The fraction of sp³-hybridized carbons (Fsp3) is 0.538. The highest BCUT2D eigenvalue weighted by Crippen LogP contribution is 2.28. The second-order valence-electron chi connectivity index (χ2n) is 4.88. The van der Waals surface area contributed by atoms with Crippen molar-refractivity contribution in [2.24, 2.45) is 5.92 Å². The molecule has 1 aromatic rings. The second kappa shape index (κ2) is 4.07. The molecular weight excluding hydrogens is 200 g/mol. The number of benzene rings is 1. The van der Waals surface area contributed by atoms with Gasteiger partial charge in [0.15, 0.2) is 0 Å². The van der Waals surface area contributed by atoms with Gasteiger partial charge in [-0.1, -0.05) is 12.1 Å². The minimum Gasteiger partial charge on any atom is -0.398 e. The van der Waals surface area contributed by atoms with Gasteiger partial charge in [0.05, 0.1) is 6.61 Å². The largest absolute Gasteiger partial charge is 0.398 e. The van der Waals surface area contributed by atoms with Crippen LogP contribution in [0.2, 0.25) is 0 Å². The van der Waals surface area contributed by atoms with Gasteiger partial charge in [-0.3, -0.25) is 4.90 Å². The van der Waals surface area contributed by atoms with Gasteiger partial charge in [0.2, 0.25) is 0 Å². The maximum Gasteiger partial charge on any atom is 0.0507 e. The summed E-state index contributed by atoms with van der Waals surface area (Å²) in [7, 11) is 0. The summed E-state index contributed by atoms with van der Waals surface area (Å²) in [6.07, 6.45) is 1.21. The zero-order valence-electron chi connectivity index (χ0n) is 9.48. The van der Waals surface area contributed by atoms with E-state index >= 15 is 0 Å². The number of nitrogens with zero attached hydrogens (tertiary/aromatic N) is 1. The van der Waals surface area contributed by atoms with Gasteiger partial charge in [-0.2, -0.15) is 0 Å². The van der Waals surface area contributed by atoms with E-state index in [0.29, 0.717) is 0 Å². The molecule has 86 valence electrons. The highest BCUT2D eigenvalue weighted by Gasteiger charge is 2.25. The van der Waals surface area contributed by atoms with Crippen molar-refractivity contribution in [3.8, 4) is 0 Å². The molecular formula is C13H18N2O. The zero-order valence-corrected chi connectivity index (χ0v) is 9.48. The SMILES string of the molecule is Nc1cccc2c1CN(CC1CCOC1)C2. The van der Waals surface area contributed by atoms with Crippen molar-refractivity contribution in [1.82, 2.24) is 4.90 Å². The third kappa shape index (κ3) is 1.81. The van der Waals surface area contributed by atoms with Crippen molar-refractivity contribution >= 4 is 5.69 Å². The molecule has 2 aliphatic rings. The summed E-state index contributed by atoms with van der Waals surface area (Å²) in [5, 5.41) is 0. The van der Waals surface area contributed by atoms with Crippen LogP contribution in [0.25, 0.3) is 0 Å². The van der Waals surface area contributed by atoms with Crippen LogP contribution in [0.1, 0.15) is 17.5 Å². The summed E-state index contributed by atoms with van der Waals surface area (Å²) in [5.41, 5.74) is 9.67. The Morgan fingerprint density at radius 2 is 2.31 bits per heavy atom. The van der Waals surface area contributed by atoms with Crippen LogP contribution in [0.15, 0.2) is 18.2 Å². The zero-order chi connectivity index (χ0) is 11.0. The Bertz CT molecular complexity index is 386. The summed E-state index contributed by atoms with van der Waals surface area (Å²) in [5.74, 6) is 0.718. The van der Waals surface area contributed by atoms with E-state index < -0.39 is 0 Å². The standard InChI is InChI=1S/C13H18N2O/c14-13-3-1-2-11-7-15(8-12(11)13)6-10-4-5-16-9-10/h1-3,10H,4-9,14H2. The minimum absolute atomic E-state index is 0.718. The Labute approximate surface area is 96.2 Å². The lowest BCUT2D eigenvalue weighted by molar-refractivity contribution is 0.167. The Hall–Kier alpha value is -1.06. The monoisotopic (exact) mass is 218 g/mol. The van der Waals surface area contributed by atoms with Crippen molar-refractivity contribution < 1.29 is 4.74 Å². The van der Waals surface area contributed by atoms with Crippen LogP contribution in [-0.4, -0.2) is 24.7 Å². The molecule has 2 heterocycles. The van der Waals surface area contributed by atoms with Gasteiger partial charge in [0.25, 0.3) is 0 Å². The van der Waals surface area contributed by atoms with E-state index in [1.807, 2.05) is 6.07 Å². The number of nitrogens with two attached hydrogens (primary N) is 1. The molecule has 0 radical (unpaired) electrons. The van der Waals surface area contributed by atoms with Crippen molar-refractivity contribution in [3.05, 3.63) is 29.3 Å². The third-order valence-corrected chi connectivity index (χ3v) is 3.63. The van der Waals surface area contributed by atoms with E-state index in [0.717, 1.165) is 44.5 Å². The molecule has 3 heteroatoms. The fourth-order valence-electron chi connectivity index (χ4n) is 2.74. The third-order valence-electron chi connectivity index (χ3n) is 3.63. The molecule has 0 bridgehead atoms. The summed E-state index contributed by atoms with van der Waals surface area (Å²) in [6.45, 7) is 5.08. The first-order valence-electron chi connectivity index (χ1n) is 5.99. The van der Waals surface area contributed by atoms with Gasteiger partial charge in [-0.15, -0.1) is 0 Å². The average molecular weight is 218 g/mol. The van der Waals surface area contributed by atoms with Crippen molar-refractivity contribution in [1.29, 1.82) is 0 Å². The summed E-state index contributed by atoms with van der Waals surface area (Å²) in [4.78, 5) is 2.49. The summed E-state index contributed by atoms with van der Waals surface area (Å²) < 4.78 is 5.42. The van der Waals surface area contributed by atoms with E-state index in [2.05, 4.69) is 17.0 Å². The number of rotatable bonds is 2. The number of hydrogen-bond acceptors (Lipinski definition) is 3. The Morgan fingerprint density at radius 1 is 1.38 bits per heavy atom. The lowest BCUT2D eigenvalue weighted by Crippen LogP contribution is -2.24. The van der Waals surface area contributed by atoms with Gasteiger partial charge in [0.1, 0.15) is 0 Å². The first-order chi connectivity index (χ1) is 7.83. The number of hydrogen-bond donors (Lipinski definition) is 1. The van der Waals surface area contributed by atoms with Crippen molar-refractivity contribution in [3.63, 3.8) is 0 Å². The first-order valence-corrected chi connectivity index (χ1v) is 5.99. The van der Waals surface area contributed by atoms with Gasteiger partial charge < -0.3 is 10.5 Å². The van der Waals surface area contributed by atoms with Crippen LogP contribution in [0, 0.1) is 5.92 Å². The Balaban J connectivity index is 1.68. The quantitative estimate of drug-likeness (QED) is 0.767. The van der Waals surface area contributed by atoms with Crippen LogP contribution in [0.3, 0.4) is 0 Å². The minimum atomic E-state index is 0.718. The molecule has 1 aromatic carbocycles. The van der Waals surface area contributed by atoms with Crippen molar-refractivity contribution in [2.45, 2.75) is 19.5 Å². The molecule has 2 N–H and O–H groups in total. The normalized spacial score (nSPS) is 24.9. The highest BCUT2D eigenvalue weighted by atomic mass is 16.5. The molecule has 1 atom stereocenters. The molecule has 3 nitrogen and oxygen atoms in total. The lowest BCUT2D eigenvalue weighted by atomic mass is 10.1. The lowest BCUT2D eigenvalue weighted by Gasteiger charge is -2.18. The van der Waals surface area contributed by atoms with E-state index in [9.17, 15) is 0 Å². The Morgan fingerprint density at radius 3 is 3.06 bits per heavy atom.